The molecule has 4 aliphatic rings. The van der Waals surface area contributed by atoms with E-state index in [0.717, 1.165) is 37.0 Å². The van der Waals surface area contributed by atoms with Gasteiger partial charge in [-0.05, 0) is 91.3 Å². The van der Waals surface area contributed by atoms with Crippen molar-refractivity contribution in [3.63, 3.8) is 0 Å². The molecule has 0 aromatic rings. The molecule has 4 aliphatic carbocycles. The van der Waals surface area contributed by atoms with E-state index in [1.807, 2.05) is 0 Å². The Bertz CT molecular complexity index is 744. The molecule has 0 aliphatic heterocycles. The van der Waals surface area contributed by atoms with Crippen LogP contribution in [0.25, 0.3) is 0 Å². The first kappa shape index (κ1) is 25.2. The predicted octanol–water partition coefficient (Wildman–Crippen LogP) is 6.47. The van der Waals surface area contributed by atoms with E-state index in [2.05, 4.69) is 40.7 Å². The molecule has 0 spiro atoms. The van der Waals surface area contributed by atoms with Crippen molar-refractivity contribution in [2.45, 2.75) is 111 Å². The largest absolute Gasteiger partial charge is 0.480 e. The van der Waals surface area contributed by atoms with E-state index in [-0.39, 0.29) is 24.2 Å². The Morgan fingerprint density at radius 3 is 2.55 bits per heavy atom. The van der Waals surface area contributed by atoms with Crippen molar-refractivity contribution < 1.29 is 19.7 Å². The van der Waals surface area contributed by atoms with E-state index in [9.17, 15) is 15.0 Å². The number of aliphatic hydroxyl groups is 1. The zero-order valence-electron chi connectivity index (χ0n) is 21.7. The quantitative estimate of drug-likeness (QED) is 0.407. The number of rotatable bonds is 8. The summed E-state index contributed by atoms with van der Waals surface area (Å²) in [6.45, 7) is 11.9. The number of aliphatic hydroxyl groups excluding tert-OH is 1. The van der Waals surface area contributed by atoms with Gasteiger partial charge in [0.2, 0.25) is 0 Å². The first-order chi connectivity index (χ1) is 15.6. The molecule has 0 unspecified atom stereocenters. The monoisotopic (exact) mass is 460 g/mol. The van der Waals surface area contributed by atoms with Crippen molar-refractivity contribution in [1.82, 2.24) is 0 Å². The van der Waals surface area contributed by atoms with Crippen LogP contribution in [0.15, 0.2) is 11.6 Å². The van der Waals surface area contributed by atoms with Gasteiger partial charge in [0.05, 0.1) is 12.2 Å². The van der Waals surface area contributed by atoms with Crippen molar-refractivity contribution >= 4 is 5.97 Å². The summed E-state index contributed by atoms with van der Waals surface area (Å²) in [7, 11) is 0. The summed E-state index contributed by atoms with van der Waals surface area (Å²) in [4.78, 5) is 11.4. The SMILES string of the molecule is CC(C)CCC[C@@H](C)[C@@H]1CC[C@@H]2[C@@H]3[C@@H](CC[C@@]21C)[C@@]1(C)CC[C@H](O)CC1=C[C@H]3OCC(=O)O. The molecule has 3 fully saturated rings. The van der Waals surface area contributed by atoms with Gasteiger partial charge in [-0.25, -0.2) is 4.79 Å². The minimum Gasteiger partial charge on any atom is -0.480 e. The minimum absolute atomic E-state index is 0.126. The second-order valence-electron chi connectivity index (χ2n) is 13.0. The maximum atomic E-state index is 11.4. The lowest BCUT2D eigenvalue weighted by Gasteiger charge is -2.60. The summed E-state index contributed by atoms with van der Waals surface area (Å²) in [5.74, 6) is 2.96. The highest BCUT2D eigenvalue weighted by atomic mass is 16.5. The lowest BCUT2D eigenvalue weighted by Crippen LogP contribution is -2.55. The number of carboxylic acids is 1. The van der Waals surface area contributed by atoms with E-state index in [4.69, 9.17) is 4.74 Å². The molecule has 3 saturated carbocycles. The molecule has 0 saturated heterocycles. The van der Waals surface area contributed by atoms with Crippen molar-refractivity contribution in [3.8, 4) is 0 Å². The second kappa shape index (κ2) is 9.64. The number of fused-ring (bicyclic) bond motifs is 5. The fourth-order valence-corrected chi connectivity index (χ4v) is 8.95. The Balaban J connectivity index is 1.60. The zero-order chi connectivity index (χ0) is 24.0. The van der Waals surface area contributed by atoms with Crippen LogP contribution >= 0.6 is 0 Å². The summed E-state index contributed by atoms with van der Waals surface area (Å²) >= 11 is 0. The molecule has 0 aromatic carbocycles. The highest BCUT2D eigenvalue weighted by Gasteiger charge is 2.61. The van der Waals surface area contributed by atoms with Crippen LogP contribution in [0.5, 0.6) is 0 Å². The highest BCUT2D eigenvalue weighted by Crippen LogP contribution is 2.67. The summed E-state index contributed by atoms with van der Waals surface area (Å²) in [6, 6.07) is 0. The van der Waals surface area contributed by atoms with Crippen LogP contribution in [-0.4, -0.2) is 35.0 Å². The third-order valence-electron chi connectivity index (χ3n) is 10.7. The molecule has 4 heteroatoms. The molecule has 0 heterocycles. The van der Waals surface area contributed by atoms with Crippen LogP contribution in [0.1, 0.15) is 98.8 Å². The Labute approximate surface area is 201 Å². The minimum atomic E-state index is -0.886. The Hall–Kier alpha value is -0.870. The van der Waals surface area contributed by atoms with Gasteiger partial charge < -0.3 is 14.9 Å². The number of hydrogen-bond acceptors (Lipinski definition) is 3. The number of ether oxygens (including phenoxy) is 1. The maximum absolute atomic E-state index is 11.4. The van der Waals surface area contributed by atoms with Crippen LogP contribution in [0.4, 0.5) is 0 Å². The Morgan fingerprint density at radius 2 is 1.85 bits per heavy atom. The molecule has 188 valence electrons. The maximum Gasteiger partial charge on any atom is 0.329 e. The molecule has 0 bridgehead atoms. The predicted molar refractivity (Wildman–Crippen MR) is 132 cm³/mol. The van der Waals surface area contributed by atoms with Gasteiger partial charge in [-0.1, -0.05) is 65.5 Å². The lowest BCUT2D eigenvalue weighted by molar-refractivity contribution is -0.151. The van der Waals surface area contributed by atoms with Crippen molar-refractivity contribution in [1.29, 1.82) is 0 Å². The van der Waals surface area contributed by atoms with Crippen LogP contribution in [0, 0.1) is 46.3 Å². The third-order valence-corrected chi connectivity index (χ3v) is 10.7. The van der Waals surface area contributed by atoms with E-state index >= 15 is 0 Å². The van der Waals surface area contributed by atoms with Crippen LogP contribution in [0.3, 0.4) is 0 Å². The smallest absolute Gasteiger partial charge is 0.329 e. The van der Waals surface area contributed by atoms with E-state index < -0.39 is 5.97 Å². The fourth-order valence-electron chi connectivity index (χ4n) is 8.95. The molecule has 2 N–H and O–H groups in total. The summed E-state index contributed by atoms with van der Waals surface area (Å²) < 4.78 is 6.13. The molecule has 0 amide bonds. The van der Waals surface area contributed by atoms with Gasteiger partial charge in [0.15, 0.2) is 0 Å². The lowest BCUT2D eigenvalue weighted by atomic mass is 9.46. The van der Waals surface area contributed by atoms with Gasteiger partial charge in [-0.15, -0.1) is 0 Å². The van der Waals surface area contributed by atoms with Gasteiger partial charge in [0, 0.05) is 0 Å². The number of carbonyl (C=O) groups is 1. The third kappa shape index (κ3) is 4.68. The van der Waals surface area contributed by atoms with Crippen LogP contribution < -0.4 is 0 Å². The summed E-state index contributed by atoms with van der Waals surface area (Å²) in [5, 5.41) is 19.7. The van der Waals surface area contributed by atoms with E-state index in [0.29, 0.717) is 23.2 Å². The fraction of sp³-hybridized carbons (Fsp3) is 0.897. The first-order valence-electron chi connectivity index (χ1n) is 13.8. The van der Waals surface area contributed by atoms with Crippen molar-refractivity contribution in [2.75, 3.05) is 6.61 Å². The van der Waals surface area contributed by atoms with Gasteiger partial charge in [-0.3, -0.25) is 0 Å². The van der Waals surface area contributed by atoms with Gasteiger partial charge in [0.25, 0.3) is 0 Å². The van der Waals surface area contributed by atoms with Gasteiger partial charge in [0.1, 0.15) is 6.61 Å². The standard InChI is InChI=1S/C29H48O4/c1-18(2)7-6-8-19(3)22-9-10-23-27-24(12-14-29(22,23)5)28(4)13-11-21(30)15-20(28)16-25(27)33-17-26(31)32/h16,18-19,21-25,27,30H,6-15,17H2,1-5H3,(H,31,32)/t19-,21+,22+,23-,24-,25-,27-,28+,29-/m1/s1. The summed E-state index contributed by atoms with van der Waals surface area (Å²) in [5.41, 5.74) is 1.80. The highest BCUT2D eigenvalue weighted by molar-refractivity contribution is 5.68. The molecule has 4 rings (SSSR count). The van der Waals surface area contributed by atoms with Gasteiger partial charge >= 0.3 is 5.97 Å². The first-order valence-corrected chi connectivity index (χ1v) is 13.8. The number of hydrogen-bond donors (Lipinski definition) is 2. The molecular weight excluding hydrogens is 412 g/mol. The normalized spacial score (nSPS) is 43.4. The molecule has 9 atom stereocenters. The summed E-state index contributed by atoms with van der Waals surface area (Å²) in [6.07, 6.45) is 13.6. The Kier molecular flexibility index (Phi) is 7.37. The molecule has 4 nitrogen and oxygen atoms in total. The number of aliphatic carboxylic acids is 1. The van der Waals surface area contributed by atoms with E-state index in [1.54, 1.807) is 0 Å². The van der Waals surface area contributed by atoms with Crippen LogP contribution in [0.2, 0.25) is 0 Å². The average molecular weight is 461 g/mol. The van der Waals surface area contributed by atoms with Crippen molar-refractivity contribution in [2.24, 2.45) is 46.3 Å². The molecule has 0 aromatic heterocycles. The van der Waals surface area contributed by atoms with Crippen LogP contribution in [-0.2, 0) is 9.53 Å². The number of carboxylic acid groups (broad SMARTS) is 1. The second-order valence-corrected chi connectivity index (χ2v) is 13.0. The average Bonchev–Trinajstić information content (AvgIpc) is 3.09. The Morgan fingerprint density at radius 1 is 1.09 bits per heavy atom. The molecular formula is C29H48O4. The van der Waals surface area contributed by atoms with Gasteiger partial charge in [-0.2, -0.15) is 0 Å². The molecule has 33 heavy (non-hydrogen) atoms. The molecule has 0 radical (unpaired) electrons. The van der Waals surface area contributed by atoms with Crippen molar-refractivity contribution in [3.05, 3.63) is 11.6 Å². The topological polar surface area (TPSA) is 66.8 Å². The van der Waals surface area contributed by atoms with E-state index in [1.165, 1.54) is 50.5 Å². The zero-order valence-corrected chi connectivity index (χ0v) is 21.7.